The minimum atomic E-state index is -3.55. The molecule has 7 atom stereocenters. The van der Waals surface area contributed by atoms with Crippen LogP contribution in [0.3, 0.4) is 0 Å². The zero-order chi connectivity index (χ0) is 22.5. The molecule has 10 nitrogen and oxygen atoms in total. The molecule has 1 saturated heterocycles. The molecule has 1 amide bonds. The number of esters is 3. The van der Waals surface area contributed by atoms with Crippen LogP contribution >= 0.6 is 0 Å². The molecule has 0 radical (unpaired) electrons. The number of nitrogens with one attached hydrogen (secondary N) is 1. The van der Waals surface area contributed by atoms with Gasteiger partial charge in [0.1, 0.15) is 12.7 Å². The van der Waals surface area contributed by atoms with Gasteiger partial charge in [0, 0.05) is 26.7 Å². The molecular formula is C17H26F2N2O8. The number of amides is 1. The van der Waals surface area contributed by atoms with Crippen molar-refractivity contribution in [2.75, 3.05) is 13.7 Å². The van der Waals surface area contributed by atoms with Crippen LogP contribution < -0.4 is 11.1 Å². The summed E-state index contributed by atoms with van der Waals surface area (Å²) in [5.74, 6) is -8.23. The largest absolute Gasteiger partial charge is 0.465 e. The average Bonchev–Trinajstić information content (AvgIpc) is 2.63. The minimum absolute atomic E-state index is 0.422. The van der Waals surface area contributed by atoms with Crippen LogP contribution in [0.1, 0.15) is 27.7 Å². The lowest BCUT2D eigenvalue weighted by Gasteiger charge is -2.47. The average molecular weight is 424 g/mol. The number of nitrogens with two attached hydrogens (primary N) is 1. The molecule has 1 aliphatic rings. The van der Waals surface area contributed by atoms with Crippen LogP contribution in [-0.2, 0) is 38.1 Å². The molecule has 1 rings (SSSR count). The Labute approximate surface area is 166 Å². The number of alkyl halides is 2. The fourth-order valence-electron chi connectivity index (χ4n) is 3.05. The maximum atomic E-state index is 15.1. The minimum Gasteiger partial charge on any atom is -0.465 e. The first kappa shape index (κ1) is 24.7. The highest BCUT2D eigenvalue weighted by molar-refractivity contribution is 5.79. The third-order valence-corrected chi connectivity index (χ3v) is 4.48. The molecule has 1 fully saturated rings. The fourth-order valence-corrected chi connectivity index (χ4v) is 3.05. The van der Waals surface area contributed by atoms with Gasteiger partial charge in [-0.1, -0.05) is 6.92 Å². The van der Waals surface area contributed by atoms with Crippen LogP contribution in [0, 0.1) is 5.92 Å². The Morgan fingerprint density at radius 3 is 2.24 bits per heavy atom. The van der Waals surface area contributed by atoms with E-state index in [-0.39, 0.29) is 0 Å². The first-order valence-corrected chi connectivity index (χ1v) is 8.77. The molecule has 0 aromatic rings. The summed E-state index contributed by atoms with van der Waals surface area (Å²) in [6.45, 7) is 4.34. The maximum Gasteiger partial charge on any atom is 0.375 e. The van der Waals surface area contributed by atoms with E-state index in [1.165, 1.54) is 6.92 Å². The second-order valence-electron chi connectivity index (χ2n) is 6.73. The number of halogens is 2. The van der Waals surface area contributed by atoms with E-state index in [1.807, 2.05) is 0 Å². The highest BCUT2D eigenvalue weighted by Crippen LogP contribution is 2.37. The molecular weight excluding hydrogens is 398 g/mol. The maximum absolute atomic E-state index is 15.1. The zero-order valence-electron chi connectivity index (χ0n) is 16.8. The molecule has 1 heterocycles. The SMILES string of the molecule is COC(=O)C1(F)OC(C(C)C(COC(C)=O)OC(C)=O)C(NC(C)=O)C(N)C1F. The van der Waals surface area contributed by atoms with Crippen molar-refractivity contribution in [1.82, 2.24) is 5.32 Å². The van der Waals surface area contributed by atoms with Gasteiger partial charge >= 0.3 is 23.8 Å². The predicted molar refractivity (Wildman–Crippen MR) is 92.6 cm³/mol. The Morgan fingerprint density at radius 1 is 1.21 bits per heavy atom. The summed E-state index contributed by atoms with van der Waals surface area (Å²) in [5, 5.41) is 2.36. The van der Waals surface area contributed by atoms with E-state index in [0.29, 0.717) is 0 Å². The molecule has 12 heteroatoms. The van der Waals surface area contributed by atoms with Gasteiger partial charge in [0.25, 0.3) is 0 Å². The number of carbonyl (C=O) groups is 4. The van der Waals surface area contributed by atoms with Gasteiger partial charge in [-0.05, 0) is 0 Å². The topological polar surface area (TPSA) is 143 Å². The third kappa shape index (κ3) is 5.82. The highest BCUT2D eigenvalue weighted by Gasteiger charge is 2.62. The van der Waals surface area contributed by atoms with E-state index >= 15 is 4.39 Å². The Hall–Kier alpha value is -2.34. The molecule has 0 aliphatic carbocycles. The second kappa shape index (κ2) is 9.92. The number of ether oxygens (including phenoxy) is 4. The van der Waals surface area contributed by atoms with Gasteiger partial charge in [-0.3, -0.25) is 14.4 Å². The van der Waals surface area contributed by atoms with Gasteiger partial charge in [0.2, 0.25) is 5.91 Å². The van der Waals surface area contributed by atoms with Crippen LogP contribution in [0.25, 0.3) is 0 Å². The number of carbonyl (C=O) groups excluding carboxylic acids is 4. The molecule has 0 aromatic heterocycles. The van der Waals surface area contributed by atoms with Crippen LogP contribution in [0.5, 0.6) is 0 Å². The summed E-state index contributed by atoms with van der Waals surface area (Å²) in [6.07, 6.45) is -5.26. The van der Waals surface area contributed by atoms with Crippen LogP contribution in [0.4, 0.5) is 8.78 Å². The normalized spacial score (nSPS) is 31.2. The van der Waals surface area contributed by atoms with Gasteiger partial charge in [-0.15, -0.1) is 0 Å². The van der Waals surface area contributed by atoms with E-state index in [0.717, 1.165) is 27.9 Å². The fraction of sp³-hybridized carbons (Fsp3) is 0.765. The molecule has 0 aromatic carbocycles. The smallest absolute Gasteiger partial charge is 0.375 e. The summed E-state index contributed by atoms with van der Waals surface area (Å²) in [4.78, 5) is 46.0. The first-order chi connectivity index (χ1) is 13.3. The number of hydrogen-bond donors (Lipinski definition) is 2. The Balaban J connectivity index is 3.31. The summed E-state index contributed by atoms with van der Waals surface area (Å²) < 4.78 is 49.1. The van der Waals surface area contributed by atoms with Gasteiger partial charge in [0.15, 0.2) is 6.17 Å². The van der Waals surface area contributed by atoms with E-state index in [4.69, 9.17) is 19.9 Å². The lowest BCUT2D eigenvalue weighted by molar-refractivity contribution is -0.270. The van der Waals surface area contributed by atoms with Crippen LogP contribution in [0.15, 0.2) is 0 Å². The molecule has 1 aliphatic heterocycles. The van der Waals surface area contributed by atoms with Gasteiger partial charge in [-0.2, -0.15) is 4.39 Å². The summed E-state index contributed by atoms with van der Waals surface area (Å²) in [7, 11) is 0.839. The standard InChI is InChI=1S/C17H26F2N2O8/c1-7(11(28-10(4)24)6-27-9(3)23)14-13(21-8(2)22)12(20)15(18)17(19,29-14)16(25)26-5/h7,11-15H,6,20H2,1-5H3,(H,21,22). The van der Waals surface area contributed by atoms with Gasteiger partial charge in [0.05, 0.1) is 25.3 Å². The van der Waals surface area contributed by atoms with Crippen molar-refractivity contribution in [1.29, 1.82) is 0 Å². The molecule has 166 valence electrons. The third-order valence-electron chi connectivity index (χ3n) is 4.48. The van der Waals surface area contributed by atoms with Crippen LogP contribution in [0.2, 0.25) is 0 Å². The van der Waals surface area contributed by atoms with Crippen molar-refractivity contribution in [3.8, 4) is 0 Å². The van der Waals surface area contributed by atoms with E-state index in [2.05, 4.69) is 10.1 Å². The zero-order valence-corrected chi connectivity index (χ0v) is 16.8. The van der Waals surface area contributed by atoms with Crippen molar-refractivity contribution in [3.05, 3.63) is 0 Å². The van der Waals surface area contributed by atoms with Crippen molar-refractivity contribution >= 4 is 23.8 Å². The number of rotatable bonds is 7. The second-order valence-corrected chi connectivity index (χ2v) is 6.73. The summed E-state index contributed by atoms with van der Waals surface area (Å²) >= 11 is 0. The monoisotopic (exact) mass is 424 g/mol. The molecule has 0 bridgehead atoms. The molecule has 0 spiro atoms. The van der Waals surface area contributed by atoms with E-state index < -0.39 is 72.7 Å². The molecule has 3 N–H and O–H groups in total. The molecule has 29 heavy (non-hydrogen) atoms. The quantitative estimate of drug-likeness (QED) is 0.409. The molecule has 0 saturated carbocycles. The number of hydrogen-bond acceptors (Lipinski definition) is 9. The Bertz CT molecular complexity index is 649. The van der Waals surface area contributed by atoms with E-state index in [1.54, 1.807) is 0 Å². The molecule has 7 unspecified atom stereocenters. The van der Waals surface area contributed by atoms with Crippen LogP contribution in [-0.4, -0.2) is 73.8 Å². The summed E-state index contributed by atoms with van der Waals surface area (Å²) in [6, 6.07) is -2.99. The Kier molecular flexibility index (Phi) is 8.45. The van der Waals surface area contributed by atoms with Crippen molar-refractivity contribution in [2.45, 2.75) is 64.0 Å². The van der Waals surface area contributed by atoms with Gasteiger partial charge in [-0.25, -0.2) is 9.18 Å². The predicted octanol–water partition coefficient (Wildman–Crippen LogP) is -0.475. The first-order valence-electron chi connectivity index (χ1n) is 8.77. The lowest BCUT2D eigenvalue weighted by Crippen LogP contribution is -2.72. The lowest BCUT2D eigenvalue weighted by atomic mass is 9.82. The van der Waals surface area contributed by atoms with Crippen molar-refractivity contribution in [3.63, 3.8) is 0 Å². The van der Waals surface area contributed by atoms with Crippen molar-refractivity contribution < 1.29 is 46.9 Å². The Morgan fingerprint density at radius 2 is 1.79 bits per heavy atom. The van der Waals surface area contributed by atoms with Crippen molar-refractivity contribution in [2.24, 2.45) is 11.7 Å². The van der Waals surface area contributed by atoms with Gasteiger partial charge < -0.3 is 30.0 Å². The number of methoxy groups -OCH3 is 1. The van der Waals surface area contributed by atoms with E-state index in [9.17, 15) is 23.6 Å². The summed E-state index contributed by atoms with van der Waals surface area (Å²) in [5.41, 5.74) is 5.78. The highest BCUT2D eigenvalue weighted by atomic mass is 19.2.